The summed E-state index contributed by atoms with van der Waals surface area (Å²) in [5.74, 6) is 1.51. The van der Waals surface area contributed by atoms with Crippen molar-refractivity contribution < 1.29 is 0 Å². The average Bonchev–Trinajstić information content (AvgIpc) is 2.73. The fourth-order valence-electron chi connectivity index (χ4n) is 1.37. The molecule has 0 saturated heterocycles. The number of nitrogens with zero attached hydrogens (tertiary/aromatic N) is 3. The number of anilines is 2. The molecule has 0 aliphatic rings. The van der Waals surface area contributed by atoms with E-state index in [4.69, 9.17) is 11.5 Å². The van der Waals surface area contributed by atoms with E-state index in [2.05, 4.69) is 41.1 Å². The number of rotatable bonds is 3. The monoisotopic (exact) mass is 295 g/mol. The minimum Gasteiger partial charge on any atom is -0.383 e. The van der Waals surface area contributed by atoms with E-state index in [1.807, 2.05) is 0 Å². The molecule has 102 valence electrons. The Labute approximate surface area is 120 Å². The minimum absolute atomic E-state index is 0.0809. The van der Waals surface area contributed by atoms with E-state index >= 15 is 0 Å². The molecule has 2 heterocycles. The van der Waals surface area contributed by atoms with Crippen molar-refractivity contribution in [2.45, 2.75) is 37.1 Å². The standard InChI is InChI=1S/C12H17N5S2/c1-12(2,3)7-5-18-10(15-7)6-19-11-16-8(13)4-9(14)17-11/h4-5H,6H2,1-3H3,(H4,13,14,16,17). The quantitative estimate of drug-likeness (QED) is 0.668. The number of thiazole rings is 1. The smallest absolute Gasteiger partial charge is 0.191 e. The SMILES string of the molecule is CC(C)(C)c1csc(CSc2nc(N)cc(N)n2)n1. The van der Waals surface area contributed by atoms with Crippen LogP contribution in [0, 0.1) is 0 Å². The van der Waals surface area contributed by atoms with Gasteiger partial charge in [0.05, 0.1) is 11.4 Å². The molecule has 4 N–H and O–H groups in total. The summed E-state index contributed by atoms with van der Waals surface area (Å²) in [4.78, 5) is 12.9. The number of nitrogen functional groups attached to an aromatic ring is 2. The van der Waals surface area contributed by atoms with Gasteiger partial charge in [0.2, 0.25) is 0 Å². The van der Waals surface area contributed by atoms with Crippen LogP contribution in [0.3, 0.4) is 0 Å². The Morgan fingerprint density at radius 3 is 2.32 bits per heavy atom. The van der Waals surface area contributed by atoms with Crippen molar-refractivity contribution in [3.05, 3.63) is 22.1 Å². The van der Waals surface area contributed by atoms with Crippen molar-refractivity contribution in [3.63, 3.8) is 0 Å². The van der Waals surface area contributed by atoms with Gasteiger partial charge in [0.25, 0.3) is 0 Å². The highest BCUT2D eigenvalue weighted by molar-refractivity contribution is 7.98. The summed E-state index contributed by atoms with van der Waals surface area (Å²) in [7, 11) is 0. The Morgan fingerprint density at radius 1 is 1.16 bits per heavy atom. The predicted octanol–water partition coefficient (Wildman–Crippen LogP) is 2.69. The van der Waals surface area contributed by atoms with Crippen LogP contribution in [-0.2, 0) is 11.2 Å². The molecule has 0 saturated carbocycles. The van der Waals surface area contributed by atoms with Crippen LogP contribution < -0.4 is 11.5 Å². The number of nitrogens with two attached hydrogens (primary N) is 2. The molecule has 0 aliphatic carbocycles. The summed E-state index contributed by atoms with van der Waals surface area (Å²) < 4.78 is 0. The lowest BCUT2D eigenvalue weighted by Gasteiger charge is -2.14. The molecule has 0 unspecified atom stereocenters. The van der Waals surface area contributed by atoms with Crippen LogP contribution in [0.2, 0.25) is 0 Å². The predicted molar refractivity (Wildman–Crippen MR) is 81.2 cm³/mol. The number of hydrogen-bond donors (Lipinski definition) is 2. The Morgan fingerprint density at radius 2 is 1.79 bits per heavy atom. The van der Waals surface area contributed by atoms with Crippen molar-refractivity contribution in [2.24, 2.45) is 0 Å². The van der Waals surface area contributed by atoms with Gasteiger partial charge >= 0.3 is 0 Å². The van der Waals surface area contributed by atoms with Gasteiger partial charge in [0.1, 0.15) is 16.6 Å². The topological polar surface area (TPSA) is 90.7 Å². The van der Waals surface area contributed by atoms with E-state index in [-0.39, 0.29) is 5.41 Å². The maximum Gasteiger partial charge on any atom is 0.191 e. The molecule has 2 aromatic rings. The Kier molecular flexibility index (Phi) is 3.96. The fraction of sp³-hybridized carbons (Fsp3) is 0.417. The van der Waals surface area contributed by atoms with Crippen molar-refractivity contribution in [1.82, 2.24) is 15.0 Å². The molecule has 5 nitrogen and oxygen atoms in total. The van der Waals surface area contributed by atoms with Crippen molar-refractivity contribution in [3.8, 4) is 0 Å². The van der Waals surface area contributed by atoms with Gasteiger partial charge in [0.15, 0.2) is 5.16 Å². The van der Waals surface area contributed by atoms with E-state index < -0.39 is 0 Å². The zero-order valence-corrected chi connectivity index (χ0v) is 12.8. The molecule has 2 rings (SSSR count). The lowest BCUT2D eigenvalue weighted by Crippen LogP contribution is -2.11. The molecular formula is C12H17N5S2. The first-order valence-electron chi connectivity index (χ1n) is 5.82. The second kappa shape index (κ2) is 5.34. The molecule has 0 atom stereocenters. The third-order valence-corrected chi connectivity index (χ3v) is 4.28. The Bertz CT molecular complexity index is 553. The van der Waals surface area contributed by atoms with Gasteiger partial charge in [0, 0.05) is 16.9 Å². The van der Waals surface area contributed by atoms with Crippen molar-refractivity contribution in [2.75, 3.05) is 11.5 Å². The third-order valence-electron chi connectivity index (χ3n) is 2.39. The Hall–Kier alpha value is -1.34. The maximum atomic E-state index is 5.63. The molecule has 19 heavy (non-hydrogen) atoms. The van der Waals surface area contributed by atoms with Gasteiger partial charge in [-0.25, -0.2) is 15.0 Å². The highest BCUT2D eigenvalue weighted by atomic mass is 32.2. The number of hydrogen-bond acceptors (Lipinski definition) is 7. The van der Waals surface area contributed by atoms with Crippen LogP contribution in [0.1, 0.15) is 31.5 Å². The van der Waals surface area contributed by atoms with Gasteiger partial charge in [-0.05, 0) is 0 Å². The minimum atomic E-state index is 0.0809. The van der Waals surface area contributed by atoms with E-state index in [1.54, 1.807) is 17.4 Å². The largest absolute Gasteiger partial charge is 0.383 e. The van der Waals surface area contributed by atoms with Crippen LogP contribution in [-0.4, -0.2) is 15.0 Å². The van der Waals surface area contributed by atoms with E-state index in [0.717, 1.165) is 16.5 Å². The maximum absolute atomic E-state index is 5.63. The van der Waals surface area contributed by atoms with Crippen LogP contribution in [0.15, 0.2) is 16.6 Å². The molecule has 0 radical (unpaired) electrons. The van der Waals surface area contributed by atoms with E-state index in [1.165, 1.54) is 11.8 Å². The molecule has 0 aromatic carbocycles. The molecule has 0 spiro atoms. The van der Waals surface area contributed by atoms with Crippen molar-refractivity contribution >= 4 is 34.7 Å². The van der Waals surface area contributed by atoms with Gasteiger partial charge in [-0.3, -0.25) is 0 Å². The third kappa shape index (κ3) is 3.81. The molecule has 2 aromatic heterocycles. The highest BCUT2D eigenvalue weighted by Crippen LogP contribution is 2.27. The summed E-state index contributed by atoms with van der Waals surface area (Å²) >= 11 is 3.15. The fourth-order valence-corrected chi connectivity index (χ4v) is 3.29. The van der Waals surface area contributed by atoms with Gasteiger partial charge in [-0.2, -0.15) is 0 Å². The van der Waals surface area contributed by atoms with Gasteiger partial charge in [-0.15, -0.1) is 11.3 Å². The Balaban J connectivity index is 2.04. The van der Waals surface area contributed by atoms with Crippen LogP contribution in [0.25, 0.3) is 0 Å². The molecule has 0 aliphatic heterocycles. The first-order valence-corrected chi connectivity index (χ1v) is 7.69. The second-order valence-electron chi connectivity index (χ2n) is 5.17. The number of thioether (sulfide) groups is 1. The zero-order valence-electron chi connectivity index (χ0n) is 11.2. The molecular weight excluding hydrogens is 278 g/mol. The first kappa shape index (κ1) is 14.1. The molecule has 7 heteroatoms. The average molecular weight is 295 g/mol. The molecule has 0 fully saturated rings. The first-order chi connectivity index (χ1) is 8.84. The second-order valence-corrected chi connectivity index (χ2v) is 7.05. The normalized spacial score (nSPS) is 11.7. The highest BCUT2D eigenvalue weighted by Gasteiger charge is 2.17. The van der Waals surface area contributed by atoms with E-state index in [9.17, 15) is 0 Å². The summed E-state index contributed by atoms with van der Waals surface area (Å²) in [5.41, 5.74) is 12.5. The molecule has 0 bridgehead atoms. The summed E-state index contributed by atoms with van der Waals surface area (Å²) in [6.45, 7) is 6.46. The van der Waals surface area contributed by atoms with Crippen LogP contribution in [0.5, 0.6) is 0 Å². The van der Waals surface area contributed by atoms with E-state index in [0.29, 0.717) is 16.8 Å². The number of aromatic nitrogens is 3. The molecule has 0 amide bonds. The summed E-state index contributed by atoms with van der Waals surface area (Å²) in [5, 5.41) is 3.74. The summed E-state index contributed by atoms with van der Waals surface area (Å²) in [6.07, 6.45) is 0. The van der Waals surface area contributed by atoms with Gasteiger partial charge in [-0.1, -0.05) is 32.5 Å². The van der Waals surface area contributed by atoms with Crippen LogP contribution >= 0.6 is 23.1 Å². The zero-order chi connectivity index (χ0) is 14.0. The van der Waals surface area contributed by atoms with Gasteiger partial charge < -0.3 is 11.5 Å². The lowest BCUT2D eigenvalue weighted by atomic mass is 9.93. The lowest BCUT2D eigenvalue weighted by molar-refractivity contribution is 0.572. The van der Waals surface area contributed by atoms with Crippen molar-refractivity contribution in [1.29, 1.82) is 0 Å². The summed E-state index contributed by atoms with van der Waals surface area (Å²) in [6, 6.07) is 1.55. The van der Waals surface area contributed by atoms with Crippen LogP contribution in [0.4, 0.5) is 11.6 Å².